The summed E-state index contributed by atoms with van der Waals surface area (Å²) in [6.45, 7) is 0. The highest BCUT2D eigenvalue weighted by molar-refractivity contribution is 9.10. The number of aliphatic carboxylic acids is 2. The van der Waals surface area contributed by atoms with Crippen molar-refractivity contribution in [3.8, 4) is 0 Å². The molecule has 0 saturated carbocycles. The van der Waals surface area contributed by atoms with E-state index < -0.39 is 35.7 Å². The van der Waals surface area contributed by atoms with Crippen molar-refractivity contribution in [2.24, 2.45) is 5.10 Å². The maximum absolute atomic E-state index is 13.4. The highest BCUT2D eigenvalue weighted by atomic mass is 79.9. The van der Waals surface area contributed by atoms with Gasteiger partial charge in [0, 0.05) is 4.47 Å². The van der Waals surface area contributed by atoms with Gasteiger partial charge in [0.2, 0.25) is 11.5 Å². The Morgan fingerprint density at radius 3 is 2.45 bits per heavy atom. The molecule has 20 heavy (non-hydrogen) atoms. The molecule has 0 saturated heterocycles. The minimum atomic E-state index is -1.71. The fraction of sp³-hybridized carbons (Fsp3) is 0.0909. The number of carboxylic acid groups (broad SMARTS) is 2. The summed E-state index contributed by atoms with van der Waals surface area (Å²) in [4.78, 5) is 32.5. The van der Waals surface area contributed by atoms with Gasteiger partial charge in [-0.2, -0.15) is 5.10 Å². The van der Waals surface area contributed by atoms with Crippen LogP contribution in [0.25, 0.3) is 0 Å². The second-order valence-corrected chi connectivity index (χ2v) is 4.41. The maximum Gasteiger partial charge on any atom is 0.360 e. The molecule has 0 bridgehead atoms. The number of benzene rings is 1. The molecule has 0 aliphatic carbocycles. The second kappa shape index (κ2) is 6.75. The van der Waals surface area contributed by atoms with Crippen LogP contribution in [-0.2, 0) is 14.4 Å². The van der Waals surface area contributed by atoms with Crippen molar-refractivity contribution in [1.82, 2.24) is 0 Å². The first-order chi connectivity index (χ1) is 9.31. The number of anilines is 1. The van der Waals surface area contributed by atoms with Crippen LogP contribution in [0.2, 0.25) is 0 Å². The van der Waals surface area contributed by atoms with Gasteiger partial charge in [-0.3, -0.25) is 15.0 Å². The Hall–Kier alpha value is -2.29. The van der Waals surface area contributed by atoms with E-state index in [-0.39, 0.29) is 5.69 Å². The van der Waals surface area contributed by atoms with E-state index in [0.717, 1.165) is 6.07 Å². The highest BCUT2D eigenvalue weighted by Crippen LogP contribution is 2.19. The standard InChI is InChI=1S/C11H8BrFN2O5/c12-5-1-2-7(6(13)3-5)14-15-10(11(19)20)8(16)4-9(17)18/h1-3,14H,4H2,(H,17,18)(H,19,20)/b15-10+. The molecule has 0 atom stereocenters. The fourth-order valence-corrected chi connectivity index (χ4v) is 1.48. The summed E-state index contributed by atoms with van der Waals surface area (Å²) in [7, 11) is 0. The van der Waals surface area contributed by atoms with E-state index in [0.29, 0.717) is 4.47 Å². The second-order valence-electron chi connectivity index (χ2n) is 3.50. The van der Waals surface area contributed by atoms with E-state index in [9.17, 15) is 18.8 Å². The average molecular weight is 347 g/mol. The largest absolute Gasteiger partial charge is 0.481 e. The number of Topliss-reactive ketones (excluding diaryl/α,β-unsaturated/α-hetero) is 1. The monoisotopic (exact) mass is 346 g/mol. The zero-order valence-corrected chi connectivity index (χ0v) is 11.3. The smallest absolute Gasteiger partial charge is 0.360 e. The van der Waals surface area contributed by atoms with Crippen LogP contribution in [0.5, 0.6) is 0 Å². The average Bonchev–Trinajstić information content (AvgIpc) is 2.30. The summed E-state index contributed by atoms with van der Waals surface area (Å²) < 4.78 is 13.9. The van der Waals surface area contributed by atoms with Crippen molar-refractivity contribution in [3.63, 3.8) is 0 Å². The lowest BCUT2D eigenvalue weighted by molar-refractivity contribution is -0.139. The molecule has 1 rings (SSSR count). The molecule has 0 aliphatic rings. The SMILES string of the molecule is O=C(O)CC(=O)/C(=N\Nc1ccc(Br)cc1F)C(=O)O. The van der Waals surface area contributed by atoms with Gasteiger partial charge >= 0.3 is 11.9 Å². The first-order valence-corrected chi connectivity index (χ1v) is 5.87. The molecule has 0 spiro atoms. The minimum Gasteiger partial charge on any atom is -0.481 e. The van der Waals surface area contributed by atoms with E-state index in [4.69, 9.17) is 10.2 Å². The third-order valence-electron chi connectivity index (χ3n) is 2.00. The van der Waals surface area contributed by atoms with Gasteiger partial charge in [0.05, 0.1) is 5.69 Å². The van der Waals surface area contributed by atoms with Crippen molar-refractivity contribution < 1.29 is 29.0 Å². The lowest BCUT2D eigenvalue weighted by atomic mass is 10.2. The van der Waals surface area contributed by atoms with E-state index in [1.165, 1.54) is 12.1 Å². The van der Waals surface area contributed by atoms with Gasteiger partial charge in [0.1, 0.15) is 12.2 Å². The molecular formula is C11H8BrFN2O5. The lowest BCUT2D eigenvalue weighted by Gasteiger charge is -2.04. The van der Waals surface area contributed by atoms with Gasteiger partial charge in [0.15, 0.2) is 0 Å². The number of nitrogens with zero attached hydrogens (tertiary/aromatic N) is 1. The molecule has 0 aromatic heterocycles. The third kappa shape index (κ3) is 4.43. The third-order valence-corrected chi connectivity index (χ3v) is 2.49. The Kier molecular flexibility index (Phi) is 5.32. The Morgan fingerprint density at radius 2 is 1.95 bits per heavy atom. The van der Waals surface area contributed by atoms with Gasteiger partial charge in [-0.15, -0.1) is 0 Å². The molecule has 7 nitrogen and oxygen atoms in total. The van der Waals surface area contributed by atoms with Crippen LogP contribution in [0.15, 0.2) is 27.8 Å². The van der Waals surface area contributed by atoms with Crippen LogP contribution in [0.3, 0.4) is 0 Å². The Bertz CT molecular complexity index is 602. The number of hydrogen-bond acceptors (Lipinski definition) is 5. The molecular weight excluding hydrogens is 339 g/mol. The predicted octanol–water partition coefficient (Wildman–Crippen LogP) is 1.48. The number of ketones is 1. The van der Waals surface area contributed by atoms with Crippen molar-refractivity contribution in [3.05, 3.63) is 28.5 Å². The molecule has 0 aliphatic heterocycles. The number of carbonyl (C=O) groups excluding carboxylic acids is 1. The molecule has 1 aromatic rings. The summed E-state index contributed by atoms with van der Waals surface area (Å²) in [6, 6.07) is 3.85. The van der Waals surface area contributed by atoms with Crippen LogP contribution in [-0.4, -0.2) is 33.6 Å². The highest BCUT2D eigenvalue weighted by Gasteiger charge is 2.22. The lowest BCUT2D eigenvalue weighted by Crippen LogP contribution is -2.27. The maximum atomic E-state index is 13.4. The number of rotatable bonds is 6. The Balaban J connectivity index is 2.95. The van der Waals surface area contributed by atoms with Gasteiger partial charge < -0.3 is 10.2 Å². The summed E-state index contributed by atoms with van der Waals surface area (Å²) in [5, 5.41) is 20.4. The van der Waals surface area contributed by atoms with Gasteiger partial charge in [-0.05, 0) is 18.2 Å². The van der Waals surface area contributed by atoms with Crippen LogP contribution in [0.4, 0.5) is 10.1 Å². The number of carbonyl (C=O) groups is 3. The van der Waals surface area contributed by atoms with Crippen LogP contribution < -0.4 is 5.43 Å². The minimum absolute atomic E-state index is 0.157. The normalized spacial score (nSPS) is 11.0. The quantitative estimate of drug-likeness (QED) is 0.408. The molecule has 0 unspecified atom stereocenters. The van der Waals surface area contributed by atoms with Crippen molar-refractivity contribution in [2.75, 3.05) is 5.43 Å². The number of nitrogens with one attached hydrogen (secondary N) is 1. The van der Waals surface area contributed by atoms with Gasteiger partial charge in [-0.25, -0.2) is 9.18 Å². The van der Waals surface area contributed by atoms with Crippen LogP contribution in [0, 0.1) is 5.82 Å². The first kappa shape index (κ1) is 15.8. The number of hydrogen-bond donors (Lipinski definition) is 3. The predicted molar refractivity (Wildman–Crippen MR) is 70.1 cm³/mol. The van der Waals surface area contributed by atoms with Crippen LogP contribution >= 0.6 is 15.9 Å². The zero-order valence-electron chi connectivity index (χ0n) is 9.76. The molecule has 0 radical (unpaired) electrons. The molecule has 9 heteroatoms. The van der Waals surface area contributed by atoms with Crippen molar-refractivity contribution >= 4 is 45.1 Å². The Morgan fingerprint density at radius 1 is 1.30 bits per heavy atom. The molecule has 1 aromatic carbocycles. The molecule has 0 amide bonds. The van der Waals surface area contributed by atoms with E-state index >= 15 is 0 Å². The van der Waals surface area contributed by atoms with E-state index in [1.54, 1.807) is 0 Å². The molecule has 0 fully saturated rings. The molecule has 106 valence electrons. The van der Waals surface area contributed by atoms with E-state index in [2.05, 4.69) is 26.5 Å². The topological polar surface area (TPSA) is 116 Å². The summed E-state index contributed by atoms with van der Waals surface area (Å²) in [6.07, 6.45) is -1.02. The molecule has 3 N–H and O–H groups in total. The van der Waals surface area contributed by atoms with Crippen molar-refractivity contribution in [2.45, 2.75) is 6.42 Å². The van der Waals surface area contributed by atoms with Crippen molar-refractivity contribution in [1.29, 1.82) is 0 Å². The zero-order chi connectivity index (χ0) is 15.3. The Labute approximate surface area is 120 Å². The number of carboxylic acids is 2. The van der Waals surface area contributed by atoms with Gasteiger partial charge in [0.25, 0.3) is 0 Å². The van der Waals surface area contributed by atoms with E-state index in [1.807, 2.05) is 0 Å². The molecule has 0 heterocycles. The summed E-state index contributed by atoms with van der Waals surface area (Å²) in [5.74, 6) is -5.12. The number of halogens is 2. The summed E-state index contributed by atoms with van der Waals surface area (Å²) in [5.41, 5.74) is 0.897. The fourth-order valence-electron chi connectivity index (χ4n) is 1.15. The van der Waals surface area contributed by atoms with Gasteiger partial charge in [-0.1, -0.05) is 15.9 Å². The summed E-state index contributed by atoms with van der Waals surface area (Å²) >= 11 is 3.03. The van der Waals surface area contributed by atoms with Crippen LogP contribution in [0.1, 0.15) is 6.42 Å². The number of hydrazone groups is 1. The first-order valence-electron chi connectivity index (χ1n) is 5.08.